The van der Waals surface area contributed by atoms with Gasteiger partial charge in [0, 0.05) is 31.4 Å². The molecule has 1 spiro atoms. The van der Waals surface area contributed by atoms with Crippen molar-refractivity contribution in [2.24, 2.45) is 5.41 Å². The average Bonchev–Trinajstić information content (AvgIpc) is 3.45. The molecular formula is C23H26F2N4O4S. The number of amides is 1. The summed E-state index contributed by atoms with van der Waals surface area (Å²) in [5.41, 5.74) is 0.223. The summed E-state index contributed by atoms with van der Waals surface area (Å²) in [6, 6.07) is 6.49. The Bertz CT molecular complexity index is 1180. The number of cyclic esters (lactones) is 1. The first kappa shape index (κ1) is 23.1. The first-order valence-corrected chi connectivity index (χ1v) is 12.8. The van der Waals surface area contributed by atoms with Crippen LogP contribution < -0.4 is 4.90 Å². The maximum absolute atomic E-state index is 14.0. The molecule has 3 aliphatic heterocycles. The van der Waals surface area contributed by atoms with Gasteiger partial charge in [0.2, 0.25) is 10.0 Å². The van der Waals surface area contributed by atoms with Crippen LogP contribution in [0.15, 0.2) is 41.4 Å². The molecule has 1 aromatic carbocycles. The predicted octanol–water partition coefficient (Wildman–Crippen LogP) is 2.99. The molecule has 3 aliphatic rings. The van der Waals surface area contributed by atoms with Crippen LogP contribution in [-0.4, -0.2) is 68.0 Å². The molecule has 0 N–H and O–H groups in total. The highest BCUT2D eigenvalue weighted by Gasteiger charge is 2.44. The SMILES string of the molecule is O=C1OCCN1c1ccc(S(=O)(=O)N2CCC3(CCN(Cc4cc(F)ccc4F)CC3)C2)cn1. The molecule has 0 atom stereocenters. The summed E-state index contributed by atoms with van der Waals surface area (Å²) in [6.45, 7) is 3.27. The van der Waals surface area contributed by atoms with E-state index in [9.17, 15) is 22.0 Å². The number of benzene rings is 1. The number of likely N-dealkylation sites (tertiary alicyclic amines) is 1. The smallest absolute Gasteiger partial charge is 0.415 e. The van der Waals surface area contributed by atoms with Crippen molar-refractivity contribution in [2.75, 3.05) is 44.2 Å². The number of piperidine rings is 1. The van der Waals surface area contributed by atoms with Gasteiger partial charge in [0.1, 0.15) is 29.0 Å². The fraction of sp³-hybridized carbons (Fsp3) is 0.478. The second kappa shape index (κ2) is 8.86. The van der Waals surface area contributed by atoms with Crippen LogP contribution in [0.5, 0.6) is 0 Å². The second-order valence-electron chi connectivity index (χ2n) is 9.22. The van der Waals surface area contributed by atoms with E-state index < -0.39 is 27.8 Å². The summed E-state index contributed by atoms with van der Waals surface area (Å²) in [5.74, 6) is -0.507. The maximum atomic E-state index is 14.0. The molecular weight excluding hydrogens is 466 g/mol. The van der Waals surface area contributed by atoms with E-state index in [1.54, 1.807) is 0 Å². The molecule has 5 rings (SSSR count). The third-order valence-electron chi connectivity index (χ3n) is 7.12. The van der Waals surface area contributed by atoms with Gasteiger partial charge in [0.05, 0.1) is 6.54 Å². The van der Waals surface area contributed by atoms with Gasteiger partial charge in [-0.3, -0.25) is 9.80 Å². The molecule has 0 unspecified atom stereocenters. The zero-order chi connectivity index (χ0) is 23.9. The van der Waals surface area contributed by atoms with Crippen LogP contribution in [0.1, 0.15) is 24.8 Å². The van der Waals surface area contributed by atoms with Gasteiger partial charge in [-0.15, -0.1) is 0 Å². The number of rotatable bonds is 5. The van der Waals surface area contributed by atoms with E-state index in [2.05, 4.69) is 9.88 Å². The van der Waals surface area contributed by atoms with E-state index in [0.717, 1.165) is 31.4 Å². The van der Waals surface area contributed by atoms with Crippen LogP contribution in [0.4, 0.5) is 19.4 Å². The van der Waals surface area contributed by atoms with Crippen molar-refractivity contribution in [1.82, 2.24) is 14.2 Å². The minimum atomic E-state index is -3.71. The van der Waals surface area contributed by atoms with E-state index in [1.807, 2.05) is 0 Å². The van der Waals surface area contributed by atoms with Crippen molar-refractivity contribution in [3.8, 4) is 0 Å². The molecule has 182 valence electrons. The molecule has 4 heterocycles. The first-order chi connectivity index (χ1) is 16.3. The Hall–Kier alpha value is -2.63. The van der Waals surface area contributed by atoms with Crippen molar-refractivity contribution in [2.45, 2.75) is 30.7 Å². The van der Waals surface area contributed by atoms with Crippen LogP contribution in [-0.2, 0) is 21.3 Å². The van der Waals surface area contributed by atoms with Crippen molar-refractivity contribution < 1.29 is 26.7 Å². The summed E-state index contributed by atoms with van der Waals surface area (Å²) >= 11 is 0. The van der Waals surface area contributed by atoms with Gasteiger partial charge in [-0.1, -0.05) is 0 Å². The Labute approximate surface area is 197 Å². The number of carbonyl (C=O) groups excluding carboxylic acids is 1. The number of anilines is 1. The standard InChI is InChI=1S/C23H26F2N4O4S/c24-18-1-3-20(25)17(13-18)15-27-8-5-23(6-9-27)7-10-28(16-23)34(31,32)19-2-4-21(26-14-19)29-11-12-33-22(29)30/h1-4,13-14H,5-12,15-16H2. The highest BCUT2D eigenvalue weighted by atomic mass is 32.2. The highest BCUT2D eigenvalue weighted by Crippen LogP contribution is 2.42. The zero-order valence-electron chi connectivity index (χ0n) is 18.6. The number of ether oxygens (including phenoxy) is 1. The van der Waals surface area contributed by atoms with Crippen molar-refractivity contribution in [1.29, 1.82) is 0 Å². The molecule has 8 nitrogen and oxygen atoms in total. The quantitative estimate of drug-likeness (QED) is 0.638. The Morgan fingerprint density at radius 2 is 1.79 bits per heavy atom. The predicted molar refractivity (Wildman–Crippen MR) is 120 cm³/mol. The van der Waals surface area contributed by atoms with E-state index in [1.165, 1.54) is 33.6 Å². The van der Waals surface area contributed by atoms with Crippen LogP contribution in [0.25, 0.3) is 0 Å². The number of aromatic nitrogens is 1. The third-order valence-corrected chi connectivity index (χ3v) is 8.95. The summed E-state index contributed by atoms with van der Waals surface area (Å²) < 4.78 is 60.3. The summed E-state index contributed by atoms with van der Waals surface area (Å²) in [5, 5.41) is 0. The minimum Gasteiger partial charge on any atom is -0.447 e. The number of pyridine rings is 1. The lowest BCUT2D eigenvalue weighted by molar-refractivity contribution is 0.108. The van der Waals surface area contributed by atoms with Crippen molar-refractivity contribution in [3.05, 3.63) is 53.7 Å². The average molecular weight is 493 g/mol. The van der Waals surface area contributed by atoms with E-state index in [0.29, 0.717) is 50.6 Å². The Balaban J connectivity index is 1.21. The van der Waals surface area contributed by atoms with Crippen LogP contribution in [0, 0.1) is 17.0 Å². The minimum absolute atomic E-state index is 0.0971. The van der Waals surface area contributed by atoms with Crippen molar-refractivity contribution in [3.63, 3.8) is 0 Å². The zero-order valence-corrected chi connectivity index (χ0v) is 19.4. The Kier molecular flexibility index (Phi) is 6.03. The first-order valence-electron chi connectivity index (χ1n) is 11.3. The fourth-order valence-electron chi connectivity index (χ4n) is 5.03. The monoisotopic (exact) mass is 492 g/mol. The molecule has 2 aromatic rings. The van der Waals surface area contributed by atoms with Crippen LogP contribution >= 0.6 is 0 Å². The molecule has 0 aliphatic carbocycles. The fourth-order valence-corrected chi connectivity index (χ4v) is 6.53. The second-order valence-corrected chi connectivity index (χ2v) is 11.2. The molecule has 11 heteroatoms. The number of nitrogens with zero attached hydrogens (tertiary/aromatic N) is 4. The summed E-state index contributed by atoms with van der Waals surface area (Å²) in [6.07, 6.45) is 3.15. The molecule has 1 aromatic heterocycles. The maximum Gasteiger partial charge on any atom is 0.415 e. The van der Waals surface area contributed by atoms with Crippen LogP contribution in [0.3, 0.4) is 0 Å². The highest BCUT2D eigenvalue weighted by molar-refractivity contribution is 7.89. The number of carbonyl (C=O) groups is 1. The molecule has 3 fully saturated rings. The van der Waals surface area contributed by atoms with Gasteiger partial charge >= 0.3 is 6.09 Å². The van der Waals surface area contributed by atoms with Gasteiger partial charge in [0.15, 0.2) is 0 Å². The number of sulfonamides is 1. The lowest BCUT2D eigenvalue weighted by Crippen LogP contribution is -2.42. The Morgan fingerprint density at radius 3 is 2.47 bits per heavy atom. The van der Waals surface area contributed by atoms with E-state index in [-0.39, 0.29) is 16.9 Å². The number of halogens is 2. The molecule has 0 saturated carbocycles. The van der Waals surface area contributed by atoms with Crippen molar-refractivity contribution >= 4 is 21.9 Å². The third kappa shape index (κ3) is 4.39. The molecule has 0 bridgehead atoms. The summed E-state index contributed by atoms with van der Waals surface area (Å²) in [7, 11) is -3.71. The lowest BCUT2D eigenvalue weighted by atomic mass is 9.78. The van der Waals surface area contributed by atoms with Crippen LogP contribution in [0.2, 0.25) is 0 Å². The normalized spacial score (nSPS) is 21.4. The number of hydrogen-bond acceptors (Lipinski definition) is 6. The topological polar surface area (TPSA) is 83.0 Å². The van der Waals surface area contributed by atoms with E-state index in [4.69, 9.17) is 4.74 Å². The summed E-state index contributed by atoms with van der Waals surface area (Å²) in [4.78, 5) is 19.4. The largest absolute Gasteiger partial charge is 0.447 e. The molecule has 0 radical (unpaired) electrons. The molecule has 34 heavy (non-hydrogen) atoms. The molecule has 1 amide bonds. The van der Waals surface area contributed by atoms with Gasteiger partial charge in [-0.05, 0) is 68.1 Å². The van der Waals surface area contributed by atoms with Gasteiger partial charge in [-0.2, -0.15) is 4.31 Å². The van der Waals surface area contributed by atoms with E-state index >= 15 is 0 Å². The van der Waals surface area contributed by atoms with Gasteiger partial charge in [0.25, 0.3) is 0 Å². The number of hydrogen-bond donors (Lipinski definition) is 0. The Morgan fingerprint density at radius 1 is 1.03 bits per heavy atom. The molecule has 3 saturated heterocycles. The van der Waals surface area contributed by atoms with Gasteiger partial charge < -0.3 is 4.74 Å². The lowest BCUT2D eigenvalue weighted by Gasteiger charge is -2.39. The van der Waals surface area contributed by atoms with Gasteiger partial charge in [-0.25, -0.2) is 27.0 Å².